The molecule has 1 aliphatic heterocycles. The molecule has 2 aromatic carbocycles. The number of aromatic nitrogens is 2. The van der Waals surface area contributed by atoms with Gasteiger partial charge in [0.25, 0.3) is 0 Å². The molecule has 1 aromatic heterocycles. The van der Waals surface area contributed by atoms with Gasteiger partial charge in [0.15, 0.2) is 9.84 Å². The maximum Gasteiger partial charge on any atom is 0.227 e. The molecule has 1 atom stereocenters. The van der Waals surface area contributed by atoms with E-state index in [9.17, 15) is 18.0 Å². The van der Waals surface area contributed by atoms with Gasteiger partial charge in [-0.2, -0.15) is 0 Å². The van der Waals surface area contributed by atoms with Crippen LogP contribution in [0, 0.1) is 6.92 Å². The third-order valence-corrected chi connectivity index (χ3v) is 8.00. The summed E-state index contributed by atoms with van der Waals surface area (Å²) < 4.78 is 24.7. The topological polar surface area (TPSA) is 109 Å². The van der Waals surface area contributed by atoms with E-state index in [1.54, 1.807) is 23.1 Å². The Balaban J connectivity index is 1.35. The first-order valence-electron chi connectivity index (χ1n) is 10.1. The molecule has 1 fully saturated rings. The van der Waals surface area contributed by atoms with E-state index in [1.165, 1.54) is 23.5 Å². The number of carbonyl (C=O) groups is 2. The number of amides is 2. The summed E-state index contributed by atoms with van der Waals surface area (Å²) in [6.45, 7) is 2.47. The van der Waals surface area contributed by atoms with Crippen LogP contribution >= 0.6 is 11.3 Å². The first-order valence-corrected chi connectivity index (χ1v) is 12.6. The average molecular weight is 471 g/mol. The Bertz CT molecular complexity index is 1240. The van der Waals surface area contributed by atoms with E-state index in [0.29, 0.717) is 23.1 Å². The molecule has 3 aromatic rings. The lowest BCUT2D eigenvalue weighted by molar-refractivity contribution is -0.117. The number of carbonyl (C=O) groups excluding carboxylic acids is 2. The van der Waals surface area contributed by atoms with Crippen LogP contribution in [0.2, 0.25) is 0 Å². The van der Waals surface area contributed by atoms with Gasteiger partial charge in [0.05, 0.1) is 10.6 Å². The maximum atomic E-state index is 12.5. The summed E-state index contributed by atoms with van der Waals surface area (Å²) in [5, 5.41) is 11.7. The summed E-state index contributed by atoms with van der Waals surface area (Å²) in [5.74, 6) is -0.826. The molecule has 0 aliphatic carbocycles. The van der Waals surface area contributed by atoms with E-state index < -0.39 is 15.7 Å². The summed E-state index contributed by atoms with van der Waals surface area (Å²) in [7, 11) is -3.53. The van der Waals surface area contributed by atoms with Crippen molar-refractivity contribution >= 4 is 43.8 Å². The molecular weight excluding hydrogens is 448 g/mol. The van der Waals surface area contributed by atoms with Crippen LogP contribution in [0.15, 0.2) is 59.5 Å². The summed E-state index contributed by atoms with van der Waals surface area (Å²) >= 11 is 1.21. The van der Waals surface area contributed by atoms with Crippen LogP contribution in [0.25, 0.3) is 0 Å². The summed E-state index contributed by atoms with van der Waals surface area (Å²) in [4.78, 5) is 26.7. The predicted molar refractivity (Wildman–Crippen MR) is 123 cm³/mol. The molecule has 2 amide bonds. The van der Waals surface area contributed by atoms with E-state index in [1.807, 2.05) is 31.2 Å². The highest BCUT2D eigenvalue weighted by Gasteiger charge is 2.34. The fraction of sp³-hybridized carbons (Fsp3) is 0.273. The monoisotopic (exact) mass is 470 g/mol. The number of rotatable bonds is 7. The molecule has 32 heavy (non-hydrogen) atoms. The summed E-state index contributed by atoms with van der Waals surface area (Å²) in [6.07, 6.45) is 0.140. The van der Waals surface area contributed by atoms with Crippen molar-refractivity contribution in [3.8, 4) is 0 Å². The molecule has 8 nitrogen and oxygen atoms in total. The zero-order chi connectivity index (χ0) is 22.7. The number of sulfone groups is 1. The number of hydrogen-bond acceptors (Lipinski definition) is 7. The minimum absolute atomic E-state index is 0.0243. The van der Waals surface area contributed by atoms with Gasteiger partial charge >= 0.3 is 0 Å². The van der Waals surface area contributed by atoms with Crippen LogP contribution in [-0.4, -0.2) is 42.7 Å². The van der Waals surface area contributed by atoms with Crippen LogP contribution in [0.3, 0.4) is 0 Å². The lowest BCUT2D eigenvalue weighted by Crippen LogP contribution is -2.25. The van der Waals surface area contributed by atoms with Crippen molar-refractivity contribution in [1.29, 1.82) is 0 Å². The van der Waals surface area contributed by atoms with E-state index in [2.05, 4.69) is 15.5 Å². The second-order valence-electron chi connectivity index (χ2n) is 7.57. The van der Waals surface area contributed by atoms with E-state index >= 15 is 0 Å². The first kappa shape index (κ1) is 22.1. The van der Waals surface area contributed by atoms with Gasteiger partial charge in [-0.05, 0) is 30.7 Å². The minimum Gasteiger partial charge on any atom is -0.311 e. The molecule has 0 radical (unpaired) electrons. The molecular formula is C22H22N4O4S2. The zero-order valence-electron chi connectivity index (χ0n) is 17.4. The summed E-state index contributed by atoms with van der Waals surface area (Å²) in [6, 6.07) is 15.8. The molecule has 10 heteroatoms. The molecule has 1 saturated heterocycles. The van der Waals surface area contributed by atoms with Crippen LogP contribution < -0.4 is 10.2 Å². The average Bonchev–Trinajstić information content (AvgIpc) is 3.40. The Hall–Kier alpha value is -3.11. The zero-order valence-corrected chi connectivity index (χ0v) is 19.0. The molecule has 1 aliphatic rings. The molecule has 1 unspecified atom stereocenters. The number of benzene rings is 2. The van der Waals surface area contributed by atoms with Crippen molar-refractivity contribution in [3.63, 3.8) is 0 Å². The second-order valence-corrected chi connectivity index (χ2v) is 10.7. The molecule has 0 saturated carbocycles. The van der Waals surface area contributed by atoms with Crippen molar-refractivity contribution in [1.82, 2.24) is 10.2 Å². The highest BCUT2D eigenvalue weighted by atomic mass is 32.2. The molecule has 166 valence electrons. The van der Waals surface area contributed by atoms with E-state index in [0.717, 1.165) is 11.3 Å². The lowest BCUT2D eigenvalue weighted by Gasteiger charge is -2.18. The highest BCUT2D eigenvalue weighted by Crippen LogP contribution is 2.35. The molecule has 4 rings (SSSR count). The Labute approximate surface area is 190 Å². The van der Waals surface area contributed by atoms with Crippen LogP contribution in [-0.2, 0) is 19.4 Å². The van der Waals surface area contributed by atoms with E-state index in [-0.39, 0.29) is 28.9 Å². The largest absolute Gasteiger partial charge is 0.311 e. The Kier molecular flexibility index (Phi) is 6.33. The normalized spacial score (nSPS) is 16.3. The van der Waals surface area contributed by atoms with Gasteiger partial charge in [0, 0.05) is 31.0 Å². The van der Waals surface area contributed by atoms with Crippen molar-refractivity contribution in [2.45, 2.75) is 30.6 Å². The van der Waals surface area contributed by atoms with Crippen molar-refractivity contribution in [2.24, 2.45) is 0 Å². The van der Waals surface area contributed by atoms with Gasteiger partial charge in [0.1, 0.15) is 5.01 Å². The van der Waals surface area contributed by atoms with E-state index in [4.69, 9.17) is 0 Å². The highest BCUT2D eigenvalue weighted by molar-refractivity contribution is 7.91. The van der Waals surface area contributed by atoms with Gasteiger partial charge in [-0.1, -0.05) is 47.7 Å². The Morgan fingerprint density at radius 3 is 2.59 bits per heavy atom. The van der Waals surface area contributed by atoms with Gasteiger partial charge in [-0.25, -0.2) is 8.42 Å². The van der Waals surface area contributed by atoms with Crippen molar-refractivity contribution < 1.29 is 18.0 Å². The number of nitrogens with one attached hydrogen (secondary N) is 1. The summed E-state index contributed by atoms with van der Waals surface area (Å²) in [5.41, 5.74) is 1.91. The predicted octanol–water partition coefficient (Wildman–Crippen LogP) is 3.17. The molecule has 0 spiro atoms. The lowest BCUT2D eigenvalue weighted by atomic mass is 10.1. The quantitative estimate of drug-likeness (QED) is 0.568. The molecule has 0 bridgehead atoms. The SMILES string of the molecule is Cc1ccccc1N1CC(c2nnc(NC(=O)CCS(=O)(=O)c3ccccc3)s2)CC1=O. The third-order valence-electron chi connectivity index (χ3n) is 5.27. The van der Waals surface area contributed by atoms with Crippen LogP contribution in [0.1, 0.15) is 29.3 Å². The number of aryl methyl sites for hydroxylation is 1. The molecule has 1 N–H and O–H groups in total. The Morgan fingerprint density at radius 2 is 1.84 bits per heavy atom. The maximum absolute atomic E-state index is 12.5. The van der Waals surface area contributed by atoms with Crippen LogP contribution in [0.5, 0.6) is 0 Å². The van der Waals surface area contributed by atoms with Crippen LogP contribution in [0.4, 0.5) is 10.8 Å². The fourth-order valence-corrected chi connectivity index (χ4v) is 5.69. The minimum atomic E-state index is -3.53. The Morgan fingerprint density at radius 1 is 1.12 bits per heavy atom. The number of para-hydroxylation sites is 1. The second kappa shape index (κ2) is 9.17. The smallest absolute Gasteiger partial charge is 0.227 e. The first-order chi connectivity index (χ1) is 15.3. The van der Waals surface area contributed by atoms with Gasteiger partial charge < -0.3 is 10.2 Å². The van der Waals surface area contributed by atoms with Gasteiger partial charge in [-0.15, -0.1) is 10.2 Å². The molecule has 2 heterocycles. The number of hydrogen-bond donors (Lipinski definition) is 1. The number of anilines is 2. The van der Waals surface area contributed by atoms with Crippen molar-refractivity contribution in [3.05, 3.63) is 65.2 Å². The van der Waals surface area contributed by atoms with Gasteiger partial charge in [0.2, 0.25) is 16.9 Å². The fourth-order valence-electron chi connectivity index (χ4n) is 3.58. The number of nitrogens with zero attached hydrogens (tertiary/aromatic N) is 3. The van der Waals surface area contributed by atoms with Crippen molar-refractivity contribution in [2.75, 3.05) is 22.5 Å². The standard InChI is InChI=1S/C22H22N4O4S2/c1-15-7-5-6-10-18(15)26-14-16(13-20(26)28)21-24-25-22(31-21)23-19(27)11-12-32(29,30)17-8-3-2-4-9-17/h2-10,16H,11-14H2,1H3,(H,23,25,27). The van der Waals surface area contributed by atoms with Gasteiger partial charge in [-0.3, -0.25) is 9.59 Å². The third kappa shape index (κ3) is 4.86.